The Hall–Kier alpha value is -1.33. The number of amides is 1. The van der Waals surface area contributed by atoms with Crippen LogP contribution in [-0.4, -0.2) is 31.6 Å². The van der Waals surface area contributed by atoms with Gasteiger partial charge in [0.2, 0.25) is 0 Å². The van der Waals surface area contributed by atoms with E-state index in [1.165, 1.54) is 6.07 Å². The number of benzene rings is 1. The van der Waals surface area contributed by atoms with E-state index in [4.69, 9.17) is 4.74 Å². The second-order valence-electron chi connectivity index (χ2n) is 5.84. The number of hydrogen-bond acceptors (Lipinski definition) is 3. The maximum atomic E-state index is 14.2. The summed E-state index contributed by atoms with van der Waals surface area (Å²) in [5.41, 5.74) is 0.756. The van der Waals surface area contributed by atoms with Crippen molar-refractivity contribution >= 4 is 18.3 Å². The molecule has 1 aromatic rings. The molecular formula is C16H22ClFN2O2. The van der Waals surface area contributed by atoms with E-state index in [-0.39, 0.29) is 36.7 Å². The van der Waals surface area contributed by atoms with Crippen LogP contribution in [0.5, 0.6) is 5.75 Å². The van der Waals surface area contributed by atoms with E-state index in [0.29, 0.717) is 11.8 Å². The number of hydrogen-bond donors (Lipinski definition) is 2. The molecule has 122 valence electrons. The zero-order valence-electron chi connectivity index (χ0n) is 12.4. The first-order valence-electron chi connectivity index (χ1n) is 7.64. The average Bonchev–Trinajstić information content (AvgIpc) is 3.30. The van der Waals surface area contributed by atoms with Crippen LogP contribution >= 0.6 is 12.4 Å². The maximum Gasteiger partial charge on any atom is 0.258 e. The Balaban J connectivity index is 0.00000176. The molecule has 4 nitrogen and oxygen atoms in total. The van der Waals surface area contributed by atoms with Crippen molar-refractivity contribution in [2.24, 2.45) is 0 Å². The highest BCUT2D eigenvalue weighted by molar-refractivity contribution is 5.85. The Kier molecular flexibility index (Phi) is 6.03. The van der Waals surface area contributed by atoms with Crippen molar-refractivity contribution in [3.63, 3.8) is 0 Å². The number of piperidine rings is 1. The fraction of sp³-hybridized carbons (Fsp3) is 0.562. The van der Waals surface area contributed by atoms with Gasteiger partial charge in [0, 0.05) is 12.1 Å². The van der Waals surface area contributed by atoms with Gasteiger partial charge in [-0.15, -0.1) is 12.4 Å². The third-order valence-electron chi connectivity index (χ3n) is 4.06. The average molecular weight is 329 g/mol. The molecule has 6 heteroatoms. The van der Waals surface area contributed by atoms with Crippen molar-refractivity contribution in [2.45, 2.75) is 37.6 Å². The van der Waals surface area contributed by atoms with Crippen LogP contribution in [0.15, 0.2) is 18.2 Å². The molecular weight excluding hydrogens is 307 g/mol. The molecule has 1 aromatic carbocycles. The minimum absolute atomic E-state index is 0. The highest BCUT2D eigenvalue weighted by atomic mass is 35.5. The number of rotatable bonds is 5. The summed E-state index contributed by atoms with van der Waals surface area (Å²) in [6.07, 6.45) is 4.01. The number of nitrogens with one attached hydrogen (secondary N) is 2. The van der Waals surface area contributed by atoms with E-state index in [0.717, 1.165) is 44.3 Å². The van der Waals surface area contributed by atoms with Gasteiger partial charge in [-0.05, 0) is 56.3 Å². The third kappa shape index (κ3) is 4.58. The van der Waals surface area contributed by atoms with Crippen LogP contribution in [0.2, 0.25) is 0 Å². The SMILES string of the molecule is Cl.O=C(COc1ccc(C2CCNCC2)c(F)c1)NC1CC1. The second-order valence-corrected chi connectivity index (χ2v) is 5.84. The van der Waals surface area contributed by atoms with E-state index in [2.05, 4.69) is 10.6 Å². The lowest BCUT2D eigenvalue weighted by molar-refractivity contribution is -0.123. The van der Waals surface area contributed by atoms with Gasteiger partial charge in [0.05, 0.1) is 0 Å². The van der Waals surface area contributed by atoms with Gasteiger partial charge in [-0.1, -0.05) is 6.07 Å². The molecule has 0 radical (unpaired) electrons. The molecule has 2 fully saturated rings. The summed E-state index contributed by atoms with van der Waals surface area (Å²) in [7, 11) is 0. The molecule has 2 aliphatic rings. The molecule has 2 N–H and O–H groups in total. The molecule has 0 atom stereocenters. The largest absolute Gasteiger partial charge is 0.484 e. The number of ether oxygens (including phenoxy) is 1. The van der Waals surface area contributed by atoms with Crippen LogP contribution in [-0.2, 0) is 4.79 Å². The smallest absolute Gasteiger partial charge is 0.258 e. The van der Waals surface area contributed by atoms with Crippen molar-refractivity contribution in [3.05, 3.63) is 29.6 Å². The van der Waals surface area contributed by atoms with Gasteiger partial charge in [0.25, 0.3) is 5.91 Å². The Labute approximate surface area is 136 Å². The standard InChI is InChI=1S/C16H21FN2O2.ClH/c17-15-9-13(21-10-16(20)19-12-1-2-12)3-4-14(15)11-5-7-18-8-6-11;/h3-4,9,11-12,18H,1-2,5-8,10H2,(H,19,20);1H. The molecule has 1 saturated carbocycles. The van der Waals surface area contributed by atoms with Crippen LogP contribution in [0, 0.1) is 5.82 Å². The van der Waals surface area contributed by atoms with E-state index < -0.39 is 0 Å². The summed E-state index contributed by atoms with van der Waals surface area (Å²) in [5, 5.41) is 6.11. The fourth-order valence-electron chi connectivity index (χ4n) is 2.71. The minimum atomic E-state index is -0.234. The van der Waals surface area contributed by atoms with Crippen LogP contribution in [0.3, 0.4) is 0 Å². The van der Waals surface area contributed by atoms with E-state index in [1.54, 1.807) is 12.1 Å². The molecule has 1 aliphatic heterocycles. The van der Waals surface area contributed by atoms with Gasteiger partial charge in [-0.2, -0.15) is 0 Å². The maximum absolute atomic E-state index is 14.2. The summed E-state index contributed by atoms with van der Waals surface area (Å²) in [6.45, 7) is 1.82. The molecule has 3 rings (SSSR count). The summed E-state index contributed by atoms with van der Waals surface area (Å²) < 4.78 is 19.5. The molecule has 1 aliphatic carbocycles. The second kappa shape index (κ2) is 7.79. The summed E-state index contributed by atoms with van der Waals surface area (Å²) in [6, 6.07) is 5.26. The molecule has 1 amide bonds. The van der Waals surface area contributed by atoms with Crippen LogP contribution in [0.1, 0.15) is 37.2 Å². The quantitative estimate of drug-likeness (QED) is 0.872. The normalized spacial score (nSPS) is 18.4. The lowest BCUT2D eigenvalue weighted by Crippen LogP contribution is -2.30. The highest BCUT2D eigenvalue weighted by Crippen LogP contribution is 2.29. The lowest BCUT2D eigenvalue weighted by atomic mass is 9.90. The first-order chi connectivity index (χ1) is 10.2. The predicted molar refractivity (Wildman–Crippen MR) is 85.2 cm³/mol. The van der Waals surface area contributed by atoms with Crippen molar-refractivity contribution in [2.75, 3.05) is 19.7 Å². The monoisotopic (exact) mass is 328 g/mol. The Bertz CT molecular complexity index is 517. The van der Waals surface area contributed by atoms with Crippen LogP contribution < -0.4 is 15.4 Å². The topological polar surface area (TPSA) is 50.4 Å². The molecule has 0 aromatic heterocycles. The van der Waals surface area contributed by atoms with Gasteiger partial charge >= 0.3 is 0 Å². The fourth-order valence-corrected chi connectivity index (χ4v) is 2.71. The zero-order valence-corrected chi connectivity index (χ0v) is 13.3. The Morgan fingerprint density at radius 2 is 2.00 bits per heavy atom. The molecule has 0 bridgehead atoms. The predicted octanol–water partition coefficient (Wildman–Crippen LogP) is 2.37. The minimum Gasteiger partial charge on any atom is -0.484 e. The Morgan fingerprint density at radius 1 is 1.27 bits per heavy atom. The molecule has 0 spiro atoms. The van der Waals surface area contributed by atoms with Gasteiger partial charge in [-0.3, -0.25) is 4.79 Å². The van der Waals surface area contributed by atoms with Crippen molar-refractivity contribution in [3.8, 4) is 5.75 Å². The van der Waals surface area contributed by atoms with Crippen LogP contribution in [0.25, 0.3) is 0 Å². The van der Waals surface area contributed by atoms with Gasteiger partial charge in [0.1, 0.15) is 11.6 Å². The zero-order chi connectivity index (χ0) is 14.7. The lowest BCUT2D eigenvalue weighted by Gasteiger charge is -2.23. The van der Waals surface area contributed by atoms with Crippen LogP contribution in [0.4, 0.5) is 4.39 Å². The van der Waals surface area contributed by atoms with Crippen molar-refractivity contribution < 1.29 is 13.9 Å². The molecule has 1 heterocycles. The number of halogens is 2. The van der Waals surface area contributed by atoms with E-state index in [1.807, 2.05) is 0 Å². The van der Waals surface area contributed by atoms with E-state index in [9.17, 15) is 9.18 Å². The Morgan fingerprint density at radius 3 is 2.64 bits per heavy atom. The van der Waals surface area contributed by atoms with E-state index >= 15 is 0 Å². The first-order valence-corrected chi connectivity index (χ1v) is 7.64. The molecule has 22 heavy (non-hydrogen) atoms. The first kappa shape index (κ1) is 17.0. The third-order valence-corrected chi connectivity index (χ3v) is 4.06. The number of carbonyl (C=O) groups excluding carboxylic acids is 1. The highest BCUT2D eigenvalue weighted by Gasteiger charge is 2.23. The summed E-state index contributed by atoms with van der Waals surface area (Å²) in [4.78, 5) is 11.5. The summed E-state index contributed by atoms with van der Waals surface area (Å²) in [5.74, 6) is 0.317. The van der Waals surface area contributed by atoms with Gasteiger partial charge < -0.3 is 15.4 Å². The summed E-state index contributed by atoms with van der Waals surface area (Å²) >= 11 is 0. The van der Waals surface area contributed by atoms with Gasteiger partial charge in [-0.25, -0.2) is 4.39 Å². The molecule has 1 saturated heterocycles. The van der Waals surface area contributed by atoms with Crippen molar-refractivity contribution in [1.82, 2.24) is 10.6 Å². The van der Waals surface area contributed by atoms with Gasteiger partial charge in [0.15, 0.2) is 6.61 Å². The number of carbonyl (C=O) groups is 1. The van der Waals surface area contributed by atoms with Crippen molar-refractivity contribution in [1.29, 1.82) is 0 Å². The molecule has 0 unspecified atom stereocenters.